The normalized spacial score (nSPS) is 17.6. The van der Waals surface area contributed by atoms with Crippen molar-refractivity contribution in [1.82, 2.24) is 24.5 Å². The lowest BCUT2D eigenvalue weighted by atomic mass is 9.88. The molecule has 0 aliphatic carbocycles. The van der Waals surface area contributed by atoms with Gasteiger partial charge in [0.25, 0.3) is 5.91 Å². The summed E-state index contributed by atoms with van der Waals surface area (Å²) in [6, 6.07) is 11.8. The van der Waals surface area contributed by atoms with Crippen molar-refractivity contribution in [3.8, 4) is 11.1 Å². The number of amides is 2. The smallest absolute Gasteiger partial charge is 0.420 e. The molecule has 2 amide bonds. The molecule has 1 fully saturated rings. The van der Waals surface area contributed by atoms with Crippen molar-refractivity contribution < 1.29 is 27.2 Å². The molecule has 8 nitrogen and oxygen atoms in total. The van der Waals surface area contributed by atoms with Gasteiger partial charge < -0.3 is 19.5 Å². The zero-order valence-corrected chi connectivity index (χ0v) is 22.5. The minimum atomic E-state index is -4.75. The number of aromatic nitrogens is 2. The summed E-state index contributed by atoms with van der Waals surface area (Å²) in [4.78, 5) is 34.3. The van der Waals surface area contributed by atoms with Gasteiger partial charge in [-0.25, -0.2) is 4.98 Å². The van der Waals surface area contributed by atoms with Crippen molar-refractivity contribution in [1.29, 1.82) is 0 Å². The predicted molar refractivity (Wildman–Crippen MR) is 143 cm³/mol. The minimum absolute atomic E-state index is 0.0722. The molecule has 1 saturated heterocycles. The molecule has 3 aromatic heterocycles. The van der Waals surface area contributed by atoms with Crippen molar-refractivity contribution >= 4 is 29.1 Å². The lowest BCUT2D eigenvalue weighted by Crippen LogP contribution is -2.38. The number of likely N-dealkylation sites (N-methyl/N-ethyl adjacent to an activating group) is 1. The first-order valence-electron chi connectivity index (χ1n) is 12.6. The lowest BCUT2D eigenvalue weighted by Gasteiger charge is -2.19. The number of pyridine rings is 1. The maximum absolute atomic E-state index is 14.1. The van der Waals surface area contributed by atoms with Crippen LogP contribution in [0.15, 0.2) is 65.6 Å². The van der Waals surface area contributed by atoms with Gasteiger partial charge in [-0.15, -0.1) is 0 Å². The van der Waals surface area contributed by atoms with Gasteiger partial charge in [0.05, 0.1) is 24.0 Å². The molecule has 1 aromatic carbocycles. The summed E-state index contributed by atoms with van der Waals surface area (Å²) in [7, 11) is 3.80. The Labute approximate surface area is 233 Å². The van der Waals surface area contributed by atoms with E-state index in [1.165, 1.54) is 29.7 Å². The molecule has 0 saturated carbocycles. The van der Waals surface area contributed by atoms with Crippen LogP contribution in [0.2, 0.25) is 5.15 Å². The largest absolute Gasteiger partial charge is 0.472 e. The number of halogens is 4. The number of carbonyl (C=O) groups is 2. The number of furan rings is 1. The first-order chi connectivity index (χ1) is 19.0. The number of likely N-dealkylation sites (tertiary alicyclic amines) is 1. The molecule has 0 radical (unpaired) electrons. The number of hydrogen-bond acceptors (Lipinski definition) is 5. The molecule has 4 heterocycles. The predicted octanol–water partition coefficient (Wildman–Crippen LogP) is 4.80. The van der Waals surface area contributed by atoms with Gasteiger partial charge in [-0.2, -0.15) is 13.2 Å². The Morgan fingerprint density at radius 3 is 2.55 bits per heavy atom. The molecular formula is C28H27ClF3N5O3. The minimum Gasteiger partial charge on any atom is -0.472 e. The van der Waals surface area contributed by atoms with Crippen molar-refractivity contribution in [3.63, 3.8) is 0 Å². The Bertz CT molecular complexity index is 1520. The number of benzene rings is 1. The van der Waals surface area contributed by atoms with Crippen molar-refractivity contribution in [2.24, 2.45) is 5.92 Å². The molecular weight excluding hydrogens is 547 g/mol. The van der Waals surface area contributed by atoms with Gasteiger partial charge in [-0.1, -0.05) is 41.9 Å². The van der Waals surface area contributed by atoms with E-state index in [2.05, 4.69) is 10.3 Å². The van der Waals surface area contributed by atoms with Crippen LogP contribution in [-0.2, 0) is 11.0 Å². The molecule has 40 heavy (non-hydrogen) atoms. The average molecular weight is 574 g/mol. The van der Waals surface area contributed by atoms with E-state index >= 15 is 0 Å². The Hall–Kier alpha value is -3.83. The summed E-state index contributed by atoms with van der Waals surface area (Å²) in [5.74, 6) is -1.70. The van der Waals surface area contributed by atoms with E-state index in [0.29, 0.717) is 18.7 Å². The van der Waals surface area contributed by atoms with Crippen LogP contribution in [0.1, 0.15) is 27.5 Å². The fourth-order valence-corrected chi connectivity index (χ4v) is 5.26. The van der Waals surface area contributed by atoms with E-state index in [4.69, 9.17) is 16.0 Å². The quantitative estimate of drug-likeness (QED) is 0.343. The SMILES string of the molecule is CN(C)CCNC(=O)C1CN(C(=O)c2nc3c(C(F)(F)F)cc(-c4ccoc4)cn3c2Cl)CC1c1ccccc1. The summed E-state index contributed by atoms with van der Waals surface area (Å²) in [6.07, 6.45) is -0.701. The van der Waals surface area contributed by atoms with Crippen LogP contribution in [0.3, 0.4) is 0 Å². The zero-order chi connectivity index (χ0) is 28.6. The van der Waals surface area contributed by atoms with Crippen LogP contribution >= 0.6 is 11.6 Å². The first-order valence-corrected chi connectivity index (χ1v) is 13.0. The molecule has 1 N–H and O–H groups in total. The molecule has 1 aliphatic heterocycles. The molecule has 5 rings (SSSR count). The summed E-state index contributed by atoms with van der Waals surface area (Å²) in [5.41, 5.74) is -0.323. The van der Waals surface area contributed by atoms with Crippen LogP contribution in [0.25, 0.3) is 16.8 Å². The molecule has 0 spiro atoms. The Balaban J connectivity index is 1.49. The molecule has 0 bridgehead atoms. The van der Waals surface area contributed by atoms with Gasteiger partial charge in [-0.05, 0) is 31.8 Å². The maximum Gasteiger partial charge on any atom is 0.420 e. The number of nitrogens with zero attached hydrogens (tertiary/aromatic N) is 4. The number of hydrogen-bond donors (Lipinski definition) is 1. The van der Waals surface area contributed by atoms with Crippen LogP contribution in [-0.4, -0.2) is 71.3 Å². The summed E-state index contributed by atoms with van der Waals surface area (Å²) in [6.45, 7) is 1.35. The Morgan fingerprint density at radius 1 is 1.15 bits per heavy atom. The van der Waals surface area contributed by atoms with Crippen LogP contribution < -0.4 is 5.32 Å². The van der Waals surface area contributed by atoms with Gasteiger partial charge in [0, 0.05) is 49.4 Å². The average Bonchev–Trinajstić information content (AvgIpc) is 3.67. The summed E-state index contributed by atoms with van der Waals surface area (Å²) >= 11 is 6.51. The molecule has 12 heteroatoms. The van der Waals surface area contributed by atoms with Gasteiger partial charge in [0.15, 0.2) is 11.3 Å². The second-order valence-electron chi connectivity index (χ2n) is 10.0. The fourth-order valence-electron chi connectivity index (χ4n) is 5.01. The van der Waals surface area contributed by atoms with Crippen LogP contribution in [0.4, 0.5) is 13.2 Å². The van der Waals surface area contributed by atoms with E-state index in [-0.39, 0.29) is 41.3 Å². The third kappa shape index (κ3) is 5.44. The van der Waals surface area contributed by atoms with E-state index in [0.717, 1.165) is 16.0 Å². The van der Waals surface area contributed by atoms with Crippen LogP contribution in [0.5, 0.6) is 0 Å². The summed E-state index contributed by atoms with van der Waals surface area (Å²) < 4.78 is 48.2. The maximum atomic E-state index is 14.1. The number of imidazole rings is 1. The van der Waals surface area contributed by atoms with E-state index in [1.807, 2.05) is 49.3 Å². The standard InChI is InChI=1S/C28H27ClF3N5O3/c1-35(2)10-9-33-26(38)21-15-36(14-20(21)17-6-4-3-5-7-17)27(39)23-24(29)37-13-19(18-8-11-40-16-18)12-22(25(37)34-23)28(30,31)32/h3-8,11-13,16,20-21H,9-10,14-15H2,1-2H3,(H,33,38). The number of rotatable bonds is 7. The highest BCUT2D eigenvalue weighted by Gasteiger charge is 2.42. The lowest BCUT2D eigenvalue weighted by molar-refractivity contribution is -0.136. The van der Waals surface area contributed by atoms with E-state index in [1.54, 1.807) is 0 Å². The fraction of sp³-hybridized carbons (Fsp3) is 0.321. The monoisotopic (exact) mass is 573 g/mol. The molecule has 1 aliphatic rings. The molecule has 2 atom stereocenters. The topological polar surface area (TPSA) is 83.1 Å². The van der Waals surface area contributed by atoms with Gasteiger partial charge >= 0.3 is 6.18 Å². The van der Waals surface area contributed by atoms with E-state index < -0.39 is 29.2 Å². The van der Waals surface area contributed by atoms with Gasteiger partial charge in [-0.3, -0.25) is 14.0 Å². The van der Waals surface area contributed by atoms with Crippen molar-refractivity contribution in [3.05, 3.63) is 83.2 Å². The third-order valence-electron chi connectivity index (χ3n) is 7.05. The first kappa shape index (κ1) is 27.7. The summed E-state index contributed by atoms with van der Waals surface area (Å²) in [5, 5.41) is 2.69. The molecule has 2 unspecified atom stereocenters. The third-order valence-corrected chi connectivity index (χ3v) is 7.42. The van der Waals surface area contributed by atoms with Crippen LogP contribution in [0, 0.1) is 5.92 Å². The molecule has 210 valence electrons. The highest BCUT2D eigenvalue weighted by molar-refractivity contribution is 6.33. The second kappa shape index (κ2) is 11.0. The highest BCUT2D eigenvalue weighted by atomic mass is 35.5. The van der Waals surface area contributed by atoms with E-state index in [9.17, 15) is 22.8 Å². The van der Waals surface area contributed by atoms with Gasteiger partial charge in [0.2, 0.25) is 5.91 Å². The van der Waals surface area contributed by atoms with Crippen molar-refractivity contribution in [2.75, 3.05) is 40.3 Å². The number of carbonyl (C=O) groups excluding carboxylic acids is 2. The van der Waals surface area contributed by atoms with Gasteiger partial charge in [0.1, 0.15) is 5.15 Å². The number of nitrogens with one attached hydrogen (secondary N) is 1. The van der Waals surface area contributed by atoms with Crippen molar-refractivity contribution in [2.45, 2.75) is 12.1 Å². The Kier molecular flexibility index (Phi) is 7.61. The second-order valence-corrected chi connectivity index (χ2v) is 10.4. The molecule has 4 aromatic rings. The Morgan fingerprint density at radius 2 is 1.90 bits per heavy atom. The number of alkyl halides is 3. The highest BCUT2D eigenvalue weighted by Crippen LogP contribution is 2.38. The number of fused-ring (bicyclic) bond motifs is 1. The zero-order valence-electron chi connectivity index (χ0n) is 21.8.